The fraction of sp³-hybridized carbons (Fsp3) is 0.826. The molecule has 12 nitrogen and oxygen atoms in total. The summed E-state index contributed by atoms with van der Waals surface area (Å²) in [5, 5.41) is 17.0. The van der Waals surface area contributed by atoms with Crippen LogP contribution in [-0.2, 0) is 14.3 Å². The molecule has 3 aliphatic heterocycles. The highest BCUT2D eigenvalue weighted by atomic mass is 16.6. The van der Waals surface area contributed by atoms with E-state index in [1.807, 2.05) is 11.8 Å². The van der Waals surface area contributed by atoms with Crippen molar-refractivity contribution in [2.75, 3.05) is 45.8 Å². The number of amides is 2. The third-order valence-electron chi connectivity index (χ3n) is 6.96. The molecule has 3 aliphatic rings. The molecular formula is C23H40N6O6. The van der Waals surface area contributed by atoms with Crippen molar-refractivity contribution in [2.24, 2.45) is 11.7 Å². The fourth-order valence-electron chi connectivity index (χ4n) is 5.09. The number of hydrogen-bond acceptors (Lipinski definition) is 8. The Kier molecular flexibility index (Phi) is 8.47. The summed E-state index contributed by atoms with van der Waals surface area (Å²) in [5.41, 5.74) is 5.20. The van der Waals surface area contributed by atoms with Crippen molar-refractivity contribution < 1.29 is 29.0 Å². The number of amidine groups is 1. The lowest BCUT2D eigenvalue weighted by Gasteiger charge is -2.40. The van der Waals surface area contributed by atoms with Gasteiger partial charge in [0.05, 0.1) is 18.6 Å². The Morgan fingerprint density at radius 3 is 2.43 bits per heavy atom. The van der Waals surface area contributed by atoms with Gasteiger partial charge in [0, 0.05) is 39.3 Å². The summed E-state index contributed by atoms with van der Waals surface area (Å²) in [7, 11) is 0. The summed E-state index contributed by atoms with van der Waals surface area (Å²) in [5.74, 6) is -0.688. The van der Waals surface area contributed by atoms with E-state index in [2.05, 4.69) is 4.90 Å². The number of nitrogens with zero attached hydrogens (tertiary/aromatic N) is 4. The first-order chi connectivity index (χ1) is 16.4. The quantitative estimate of drug-likeness (QED) is 0.348. The van der Waals surface area contributed by atoms with E-state index in [4.69, 9.17) is 25.7 Å². The Morgan fingerprint density at radius 2 is 1.86 bits per heavy atom. The maximum Gasteiger partial charge on any atom is 0.411 e. The van der Waals surface area contributed by atoms with Crippen LogP contribution in [0.4, 0.5) is 9.59 Å². The second-order valence-electron chi connectivity index (χ2n) is 10.7. The van der Waals surface area contributed by atoms with Crippen LogP contribution in [-0.4, -0.2) is 118 Å². The molecule has 0 aromatic carbocycles. The number of ether oxygens (including phenoxy) is 2. The van der Waals surface area contributed by atoms with Crippen LogP contribution in [0.5, 0.6) is 0 Å². The second kappa shape index (κ2) is 11.0. The van der Waals surface area contributed by atoms with E-state index in [9.17, 15) is 14.4 Å². The molecule has 0 saturated carbocycles. The highest BCUT2D eigenvalue weighted by Gasteiger charge is 2.43. The van der Waals surface area contributed by atoms with E-state index < -0.39 is 23.7 Å². The first kappa shape index (κ1) is 27.0. The van der Waals surface area contributed by atoms with Gasteiger partial charge in [-0.3, -0.25) is 24.9 Å². The number of aliphatic carboxylic acids is 1. The minimum atomic E-state index is -0.839. The van der Waals surface area contributed by atoms with Crippen molar-refractivity contribution in [1.29, 1.82) is 5.41 Å². The molecule has 0 bridgehead atoms. The first-order valence-electron chi connectivity index (χ1n) is 12.3. The normalized spacial score (nSPS) is 28.6. The Morgan fingerprint density at radius 1 is 1.20 bits per heavy atom. The smallest absolute Gasteiger partial charge is 0.411 e. The predicted octanol–water partition coefficient (Wildman–Crippen LogP) is 1.20. The summed E-state index contributed by atoms with van der Waals surface area (Å²) in [4.78, 5) is 43.4. The van der Waals surface area contributed by atoms with Crippen LogP contribution >= 0.6 is 0 Å². The Hall–Kier alpha value is -2.60. The standard InChI is InChI=1S/C23H40N6O6/c1-15-20(27-11-9-26(10-12-27)14-18(30)31)34-21(32)28(15)7-5-16-6-8-29(17(13-16)19(24)25)22(33)35-23(2,3)4/h15-17,20H,5-14H2,1-4H3,(H3,24,25)(H,30,31). The minimum Gasteiger partial charge on any atom is -0.480 e. The van der Waals surface area contributed by atoms with E-state index in [1.54, 1.807) is 25.7 Å². The van der Waals surface area contributed by atoms with Gasteiger partial charge < -0.3 is 25.2 Å². The lowest BCUT2D eigenvalue weighted by molar-refractivity contribution is -0.139. The summed E-state index contributed by atoms with van der Waals surface area (Å²) in [6, 6.07) is -0.639. The highest BCUT2D eigenvalue weighted by Crippen LogP contribution is 2.30. The molecule has 0 spiro atoms. The molecule has 35 heavy (non-hydrogen) atoms. The van der Waals surface area contributed by atoms with Crippen LogP contribution in [0.15, 0.2) is 0 Å². The Balaban J connectivity index is 1.51. The van der Waals surface area contributed by atoms with E-state index >= 15 is 0 Å². The first-order valence-corrected chi connectivity index (χ1v) is 12.3. The average molecular weight is 497 g/mol. The van der Waals surface area contributed by atoms with Crippen LogP contribution < -0.4 is 5.73 Å². The molecular weight excluding hydrogens is 456 g/mol. The van der Waals surface area contributed by atoms with E-state index in [1.165, 1.54) is 4.90 Å². The number of rotatable bonds is 7. The van der Waals surface area contributed by atoms with Gasteiger partial charge in [-0.25, -0.2) is 9.59 Å². The van der Waals surface area contributed by atoms with Crippen molar-refractivity contribution in [3.05, 3.63) is 0 Å². The van der Waals surface area contributed by atoms with Crippen molar-refractivity contribution >= 4 is 24.0 Å². The minimum absolute atomic E-state index is 0.0218. The van der Waals surface area contributed by atoms with Gasteiger partial charge in [-0.05, 0) is 52.9 Å². The molecule has 3 rings (SSSR count). The maximum atomic E-state index is 12.6. The number of cyclic esters (lactones) is 1. The zero-order valence-corrected chi connectivity index (χ0v) is 21.2. The van der Waals surface area contributed by atoms with Gasteiger partial charge in [0.25, 0.3) is 0 Å². The van der Waals surface area contributed by atoms with Crippen LogP contribution in [0, 0.1) is 11.3 Å². The van der Waals surface area contributed by atoms with Crippen LogP contribution in [0.3, 0.4) is 0 Å². The van der Waals surface area contributed by atoms with E-state index in [-0.39, 0.29) is 36.7 Å². The van der Waals surface area contributed by atoms with Crippen LogP contribution in [0.2, 0.25) is 0 Å². The average Bonchev–Trinajstić information content (AvgIpc) is 3.04. The Labute approximate surface area is 206 Å². The lowest BCUT2D eigenvalue weighted by Crippen LogP contribution is -2.54. The van der Waals surface area contributed by atoms with Crippen molar-refractivity contribution in [3.63, 3.8) is 0 Å². The molecule has 0 radical (unpaired) electrons. The zero-order chi connectivity index (χ0) is 25.9. The van der Waals surface area contributed by atoms with Gasteiger partial charge in [0.1, 0.15) is 11.4 Å². The van der Waals surface area contributed by atoms with E-state index in [0.717, 1.165) is 12.8 Å². The monoisotopic (exact) mass is 496 g/mol. The molecule has 0 aliphatic carbocycles. The number of carbonyl (C=O) groups is 3. The highest BCUT2D eigenvalue weighted by molar-refractivity contribution is 5.86. The molecule has 4 unspecified atom stereocenters. The molecule has 3 heterocycles. The number of piperidine rings is 1. The number of likely N-dealkylation sites (tertiary alicyclic amines) is 1. The van der Waals surface area contributed by atoms with Gasteiger partial charge in [-0.15, -0.1) is 0 Å². The van der Waals surface area contributed by atoms with Crippen molar-refractivity contribution in [1.82, 2.24) is 19.6 Å². The Bertz CT molecular complexity index is 809. The zero-order valence-electron chi connectivity index (χ0n) is 21.2. The summed E-state index contributed by atoms with van der Waals surface area (Å²) in [6.07, 6.45) is 0.873. The number of carboxylic acids is 1. The SMILES string of the molecule is CC1C(N2CCN(CC(=O)O)CC2)OC(=O)N1CCC1CCN(C(=O)OC(C)(C)C)C(C(=N)N)C1. The number of nitrogens with one attached hydrogen (secondary N) is 1. The predicted molar refractivity (Wildman–Crippen MR) is 128 cm³/mol. The summed E-state index contributed by atoms with van der Waals surface area (Å²) in [6.45, 7) is 10.9. The van der Waals surface area contributed by atoms with Crippen LogP contribution in [0.1, 0.15) is 47.0 Å². The molecule has 198 valence electrons. The molecule has 3 fully saturated rings. The van der Waals surface area contributed by atoms with Gasteiger partial charge in [-0.2, -0.15) is 0 Å². The number of hydrogen-bond donors (Lipinski definition) is 3. The van der Waals surface area contributed by atoms with Crippen molar-refractivity contribution in [2.45, 2.75) is 70.9 Å². The topological polar surface area (TPSA) is 153 Å². The van der Waals surface area contributed by atoms with Gasteiger partial charge >= 0.3 is 18.2 Å². The van der Waals surface area contributed by atoms with Gasteiger partial charge in [-0.1, -0.05) is 0 Å². The lowest BCUT2D eigenvalue weighted by atomic mass is 9.87. The molecule has 4 atom stereocenters. The molecule has 4 N–H and O–H groups in total. The third-order valence-corrected chi connectivity index (χ3v) is 6.96. The van der Waals surface area contributed by atoms with Gasteiger partial charge in [0.2, 0.25) is 0 Å². The number of carboxylic acid groups (broad SMARTS) is 1. The molecule has 12 heteroatoms. The fourth-order valence-corrected chi connectivity index (χ4v) is 5.09. The number of carbonyl (C=O) groups excluding carboxylic acids is 2. The maximum absolute atomic E-state index is 12.6. The molecule has 3 saturated heterocycles. The largest absolute Gasteiger partial charge is 0.480 e. The number of nitrogens with two attached hydrogens (primary N) is 1. The molecule has 0 aromatic rings. The molecule has 0 aromatic heterocycles. The second-order valence-corrected chi connectivity index (χ2v) is 10.7. The van der Waals surface area contributed by atoms with E-state index in [0.29, 0.717) is 45.7 Å². The van der Waals surface area contributed by atoms with Crippen molar-refractivity contribution in [3.8, 4) is 0 Å². The molecule has 2 amide bonds. The summed E-state index contributed by atoms with van der Waals surface area (Å²) >= 11 is 0. The third kappa shape index (κ3) is 6.97. The van der Waals surface area contributed by atoms with Gasteiger partial charge in [0.15, 0.2) is 6.23 Å². The van der Waals surface area contributed by atoms with Crippen LogP contribution in [0.25, 0.3) is 0 Å². The summed E-state index contributed by atoms with van der Waals surface area (Å²) < 4.78 is 11.2. The number of piperazine rings is 1.